The van der Waals surface area contributed by atoms with Gasteiger partial charge in [-0.05, 0) is 25.5 Å². The molecule has 3 rings (SSSR count). The summed E-state index contributed by atoms with van der Waals surface area (Å²) in [5, 5.41) is 7.70. The first-order valence-corrected chi connectivity index (χ1v) is 5.66. The van der Waals surface area contributed by atoms with E-state index in [2.05, 4.69) is 33.4 Å². The van der Waals surface area contributed by atoms with E-state index >= 15 is 0 Å². The Hall–Kier alpha value is -1.49. The Bertz CT molecular complexity index is 498. The molecule has 0 aliphatic carbocycles. The zero-order valence-electron chi connectivity index (χ0n) is 9.35. The van der Waals surface area contributed by atoms with E-state index in [1.54, 1.807) is 6.33 Å². The zero-order valence-corrected chi connectivity index (χ0v) is 9.35. The van der Waals surface area contributed by atoms with Gasteiger partial charge in [0.2, 0.25) is 0 Å². The van der Waals surface area contributed by atoms with Crippen LogP contribution in [0.2, 0.25) is 0 Å². The highest BCUT2D eigenvalue weighted by atomic mass is 15.3. The number of rotatable bonds is 1. The molecular formula is C11H15N5. The summed E-state index contributed by atoms with van der Waals surface area (Å²) in [5.41, 5.74) is 1.33. The molecule has 5 heteroatoms. The number of nitrogens with zero attached hydrogens (tertiary/aromatic N) is 4. The molecule has 1 aliphatic rings. The highest BCUT2D eigenvalue weighted by molar-refractivity contribution is 5.30. The van der Waals surface area contributed by atoms with Crippen LogP contribution < -0.4 is 5.32 Å². The molecule has 0 bridgehead atoms. The van der Waals surface area contributed by atoms with Crippen molar-refractivity contribution in [3.8, 4) is 0 Å². The van der Waals surface area contributed by atoms with Gasteiger partial charge in [0.15, 0.2) is 0 Å². The van der Waals surface area contributed by atoms with Gasteiger partial charge < -0.3 is 5.32 Å². The van der Waals surface area contributed by atoms with Gasteiger partial charge in [-0.3, -0.25) is 0 Å². The van der Waals surface area contributed by atoms with Crippen LogP contribution in [0.3, 0.4) is 0 Å². The van der Waals surface area contributed by atoms with E-state index in [1.165, 1.54) is 18.5 Å². The van der Waals surface area contributed by atoms with Crippen molar-refractivity contribution >= 4 is 5.78 Å². The Morgan fingerprint density at radius 1 is 1.44 bits per heavy atom. The Kier molecular flexibility index (Phi) is 2.14. The third-order valence-corrected chi connectivity index (χ3v) is 3.40. The lowest BCUT2D eigenvalue weighted by molar-refractivity contribution is 0.326. The van der Waals surface area contributed by atoms with Crippen LogP contribution in [0.1, 0.15) is 25.5 Å². The number of hydrogen-bond acceptors (Lipinski definition) is 4. The van der Waals surface area contributed by atoms with Gasteiger partial charge in [0.05, 0.1) is 5.69 Å². The molecule has 0 spiro atoms. The SMILES string of the molecule is CC1(c2ccnc3ncnn23)CCCNC1. The molecule has 2 aromatic heterocycles. The third-order valence-electron chi connectivity index (χ3n) is 3.40. The van der Waals surface area contributed by atoms with Crippen LogP contribution in [-0.2, 0) is 5.41 Å². The molecule has 16 heavy (non-hydrogen) atoms. The summed E-state index contributed by atoms with van der Waals surface area (Å²) in [7, 11) is 0. The lowest BCUT2D eigenvalue weighted by Crippen LogP contribution is -2.42. The third kappa shape index (κ3) is 1.39. The van der Waals surface area contributed by atoms with E-state index in [0.29, 0.717) is 5.78 Å². The van der Waals surface area contributed by atoms with Crippen LogP contribution in [-0.4, -0.2) is 32.7 Å². The first-order chi connectivity index (χ1) is 7.80. The molecular weight excluding hydrogens is 202 g/mol. The van der Waals surface area contributed by atoms with Crippen molar-refractivity contribution in [3.05, 3.63) is 24.3 Å². The van der Waals surface area contributed by atoms with E-state index in [4.69, 9.17) is 0 Å². The molecule has 1 atom stereocenters. The minimum absolute atomic E-state index is 0.132. The molecule has 84 valence electrons. The quantitative estimate of drug-likeness (QED) is 0.766. The van der Waals surface area contributed by atoms with Gasteiger partial charge in [-0.15, -0.1) is 0 Å². The van der Waals surface area contributed by atoms with E-state index < -0.39 is 0 Å². The largest absolute Gasteiger partial charge is 0.316 e. The summed E-state index contributed by atoms with van der Waals surface area (Å²) in [4.78, 5) is 8.32. The molecule has 0 saturated carbocycles. The van der Waals surface area contributed by atoms with Crippen molar-refractivity contribution in [2.24, 2.45) is 0 Å². The van der Waals surface area contributed by atoms with Gasteiger partial charge in [-0.25, -0.2) is 9.50 Å². The maximum absolute atomic E-state index is 4.25. The molecule has 3 heterocycles. The smallest absolute Gasteiger partial charge is 0.252 e. The van der Waals surface area contributed by atoms with Crippen LogP contribution in [0.15, 0.2) is 18.6 Å². The maximum atomic E-state index is 4.25. The molecule has 1 aliphatic heterocycles. The molecule has 5 nitrogen and oxygen atoms in total. The fourth-order valence-electron chi connectivity index (χ4n) is 2.47. The number of hydrogen-bond donors (Lipinski definition) is 1. The summed E-state index contributed by atoms with van der Waals surface area (Å²) in [6.45, 7) is 4.38. The second-order valence-electron chi connectivity index (χ2n) is 4.64. The summed E-state index contributed by atoms with van der Waals surface area (Å²) in [6.07, 6.45) is 5.76. The van der Waals surface area contributed by atoms with Crippen LogP contribution in [0.4, 0.5) is 0 Å². The molecule has 1 saturated heterocycles. The van der Waals surface area contributed by atoms with Crippen LogP contribution in [0.25, 0.3) is 5.78 Å². The fourth-order valence-corrected chi connectivity index (χ4v) is 2.47. The monoisotopic (exact) mass is 217 g/mol. The number of fused-ring (bicyclic) bond motifs is 1. The van der Waals surface area contributed by atoms with Crippen molar-refractivity contribution in [1.29, 1.82) is 0 Å². The minimum Gasteiger partial charge on any atom is -0.316 e. The van der Waals surface area contributed by atoms with Crippen molar-refractivity contribution in [2.45, 2.75) is 25.2 Å². The molecule has 0 radical (unpaired) electrons. The highest BCUT2D eigenvalue weighted by Crippen LogP contribution is 2.29. The first-order valence-electron chi connectivity index (χ1n) is 5.66. The number of aromatic nitrogens is 4. The van der Waals surface area contributed by atoms with Gasteiger partial charge in [0.1, 0.15) is 6.33 Å². The fraction of sp³-hybridized carbons (Fsp3) is 0.545. The van der Waals surface area contributed by atoms with Crippen LogP contribution in [0, 0.1) is 0 Å². The topological polar surface area (TPSA) is 55.1 Å². The Morgan fingerprint density at radius 3 is 3.19 bits per heavy atom. The number of nitrogens with one attached hydrogen (secondary N) is 1. The normalized spacial score (nSPS) is 26.1. The molecule has 0 aromatic carbocycles. The van der Waals surface area contributed by atoms with Crippen molar-refractivity contribution in [1.82, 2.24) is 24.9 Å². The predicted molar refractivity (Wildman–Crippen MR) is 60.2 cm³/mol. The molecule has 1 fully saturated rings. The van der Waals surface area contributed by atoms with E-state index in [9.17, 15) is 0 Å². The molecule has 1 N–H and O–H groups in total. The van der Waals surface area contributed by atoms with Gasteiger partial charge >= 0.3 is 0 Å². The lowest BCUT2D eigenvalue weighted by atomic mass is 9.79. The van der Waals surface area contributed by atoms with Gasteiger partial charge in [-0.1, -0.05) is 6.92 Å². The molecule has 0 amide bonds. The predicted octanol–water partition coefficient (Wildman–Crippen LogP) is 0.765. The lowest BCUT2D eigenvalue weighted by Gasteiger charge is -2.34. The van der Waals surface area contributed by atoms with Gasteiger partial charge in [0.25, 0.3) is 5.78 Å². The van der Waals surface area contributed by atoms with Gasteiger partial charge in [-0.2, -0.15) is 10.1 Å². The molecule has 1 unspecified atom stereocenters. The summed E-state index contributed by atoms with van der Waals surface area (Å²) in [6, 6.07) is 2.05. The Balaban J connectivity index is 2.13. The van der Waals surface area contributed by atoms with Crippen molar-refractivity contribution in [2.75, 3.05) is 13.1 Å². The highest BCUT2D eigenvalue weighted by Gasteiger charge is 2.31. The van der Waals surface area contributed by atoms with E-state index in [1.807, 2.05) is 10.7 Å². The second kappa shape index (κ2) is 3.52. The zero-order chi connectivity index (χ0) is 11.0. The van der Waals surface area contributed by atoms with Crippen molar-refractivity contribution < 1.29 is 0 Å². The second-order valence-corrected chi connectivity index (χ2v) is 4.64. The first kappa shape index (κ1) is 9.72. The Morgan fingerprint density at radius 2 is 2.38 bits per heavy atom. The standard InChI is InChI=1S/C11H15N5/c1-11(4-2-5-12-7-11)9-3-6-13-10-14-8-15-16(9)10/h3,6,8,12H,2,4-5,7H2,1H3. The van der Waals surface area contributed by atoms with Crippen LogP contribution in [0.5, 0.6) is 0 Å². The molecule has 2 aromatic rings. The van der Waals surface area contributed by atoms with Crippen molar-refractivity contribution in [3.63, 3.8) is 0 Å². The van der Waals surface area contributed by atoms with Crippen LogP contribution >= 0.6 is 0 Å². The van der Waals surface area contributed by atoms with E-state index in [0.717, 1.165) is 13.1 Å². The summed E-state index contributed by atoms with van der Waals surface area (Å²) >= 11 is 0. The minimum atomic E-state index is 0.132. The summed E-state index contributed by atoms with van der Waals surface area (Å²) < 4.78 is 1.85. The van der Waals surface area contributed by atoms with E-state index in [-0.39, 0.29) is 5.41 Å². The number of piperidine rings is 1. The average molecular weight is 217 g/mol. The van der Waals surface area contributed by atoms with Gasteiger partial charge in [0, 0.05) is 18.2 Å². The maximum Gasteiger partial charge on any atom is 0.252 e. The summed E-state index contributed by atoms with van der Waals surface area (Å²) in [5.74, 6) is 0.685. The Labute approximate surface area is 93.9 Å². The average Bonchev–Trinajstić information content (AvgIpc) is 2.77.